The summed E-state index contributed by atoms with van der Waals surface area (Å²) < 4.78 is 16.2. The molecule has 2 rings (SSSR count). The second-order valence-corrected chi connectivity index (χ2v) is 5.29. The van der Waals surface area contributed by atoms with Gasteiger partial charge in [0, 0.05) is 6.07 Å². The van der Waals surface area contributed by atoms with Crippen molar-refractivity contribution in [3.8, 4) is 23.3 Å². The molecule has 0 atom stereocenters. The summed E-state index contributed by atoms with van der Waals surface area (Å²) in [5.74, 6) is 0.704. The third kappa shape index (κ3) is 4.75. The van der Waals surface area contributed by atoms with Crippen molar-refractivity contribution in [2.75, 3.05) is 13.2 Å². The van der Waals surface area contributed by atoms with Crippen molar-refractivity contribution in [3.63, 3.8) is 0 Å². The molecule has 2 aromatic rings. The lowest BCUT2D eigenvalue weighted by Gasteiger charge is -2.11. The Bertz CT molecular complexity index is 757. The first kappa shape index (κ1) is 17.4. The highest BCUT2D eigenvalue weighted by Gasteiger charge is 2.12. The van der Waals surface area contributed by atoms with Gasteiger partial charge in [-0.1, -0.05) is 6.07 Å². The number of rotatable bonds is 6. The molecule has 0 saturated heterocycles. The van der Waals surface area contributed by atoms with Crippen LogP contribution in [0.3, 0.4) is 0 Å². The Morgan fingerprint density at radius 1 is 1.04 bits per heavy atom. The van der Waals surface area contributed by atoms with Crippen LogP contribution in [0.5, 0.6) is 17.2 Å². The van der Waals surface area contributed by atoms with E-state index in [9.17, 15) is 4.79 Å². The number of hydrogen-bond donors (Lipinski definition) is 0. The maximum absolute atomic E-state index is 12.0. The van der Waals surface area contributed by atoms with E-state index in [-0.39, 0.29) is 12.4 Å². The molecule has 0 N–H and O–H groups in total. The number of benzene rings is 2. The Hall–Kier alpha value is -3.00. The molecule has 0 aromatic heterocycles. The second-order valence-electron chi connectivity index (χ2n) is 5.29. The van der Waals surface area contributed by atoms with Gasteiger partial charge in [0.15, 0.2) is 18.1 Å². The Kier molecular flexibility index (Phi) is 5.80. The van der Waals surface area contributed by atoms with Crippen LogP contribution in [0.1, 0.15) is 23.6 Å². The molecular formula is C19H19NO4. The molecule has 0 saturated carbocycles. The van der Waals surface area contributed by atoms with E-state index in [0.29, 0.717) is 23.7 Å². The fourth-order valence-corrected chi connectivity index (χ4v) is 2.24. The van der Waals surface area contributed by atoms with E-state index in [1.807, 2.05) is 45.0 Å². The molecule has 0 bridgehead atoms. The second kappa shape index (κ2) is 8.02. The quantitative estimate of drug-likeness (QED) is 0.600. The van der Waals surface area contributed by atoms with Gasteiger partial charge in [0.1, 0.15) is 5.75 Å². The van der Waals surface area contributed by atoms with Gasteiger partial charge in [-0.25, -0.2) is 4.79 Å². The average molecular weight is 325 g/mol. The van der Waals surface area contributed by atoms with Gasteiger partial charge in [-0.3, -0.25) is 0 Å². The van der Waals surface area contributed by atoms with Crippen LogP contribution in [0, 0.1) is 25.2 Å². The number of nitriles is 1. The van der Waals surface area contributed by atoms with Crippen LogP contribution >= 0.6 is 0 Å². The summed E-state index contributed by atoms with van der Waals surface area (Å²) in [6, 6.07) is 12.4. The lowest BCUT2D eigenvalue weighted by molar-refractivity contribution is -0.136. The summed E-state index contributed by atoms with van der Waals surface area (Å²) in [5.41, 5.74) is 2.55. The highest BCUT2D eigenvalue weighted by Crippen LogP contribution is 2.28. The minimum Gasteiger partial charge on any atom is -0.490 e. The Labute approximate surface area is 141 Å². The van der Waals surface area contributed by atoms with E-state index < -0.39 is 5.97 Å². The Balaban J connectivity index is 2.03. The first-order chi connectivity index (χ1) is 11.5. The SMILES string of the molecule is CCOc1cc(C#N)ccc1OC(=O)COc1cc(C)cc(C)c1. The smallest absolute Gasteiger partial charge is 0.349 e. The highest BCUT2D eigenvalue weighted by atomic mass is 16.6. The molecule has 24 heavy (non-hydrogen) atoms. The first-order valence-electron chi connectivity index (χ1n) is 7.60. The van der Waals surface area contributed by atoms with Crippen molar-refractivity contribution in [2.45, 2.75) is 20.8 Å². The zero-order valence-electron chi connectivity index (χ0n) is 14.0. The molecule has 2 aromatic carbocycles. The van der Waals surface area contributed by atoms with Crippen LogP contribution in [0.25, 0.3) is 0 Å². The molecule has 0 aliphatic heterocycles. The fourth-order valence-electron chi connectivity index (χ4n) is 2.24. The minimum absolute atomic E-state index is 0.214. The van der Waals surface area contributed by atoms with Gasteiger partial charge in [0.25, 0.3) is 0 Å². The predicted octanol–water partition coefficient (Wildman–Crippen LogP) is 3.56. The average Bonchev–Trinajstić information content (AvgIpc) is 2.54. The van der Waals surface area contributed by atoms with E-state index in [1.54, 1.807) is 6.07 Å². The van der Waals surface area contributed by atoms with Crippen LogP contribution in [-0.4, -0.2) is 19.2 Å². The van der Waals surface area contributed by atoms with E-state index in [4.69, 9.17) is 19.5 Å². The van der Waals surface area contributed by atoms with Crippen molar-refractivity contribution < 1.29 is 19.0 Å². The van der Waals surface area contributed by atoms with Gasteiger partial charge in [-0.05, 0) is 56.2 Å². The van der Waals surface area contributed by atoms with Gasteiger partial charge in [0.2, 0.25) is 0 Å². The topological polar surface area (TPSA) is 68.5 Å². The molecule has 0 spiro atoms. The molecule has 124 valence electrons. The van der Waals surface area contributed by atoms with E-state index in [2.05, 4.69) is 0 Å². The van der Waals surface area contributed by atoms with Crippen molar-refractivity contribution in [1.29, 1.82) is 5.26 Å². The molecule has 5 nitrogen and oxygen atoms in total. The maximum Gasteiger partial charge on any atom is 0.349 e. The number of hydrogen-bond acceptors (Lipinski definition) is 5. The maximum atomic E-state index is 12.0. The molecular weight excluding hydrogens is 306 g/mol. The molecule has 0 aliphatic carbocycles. The van der Waals surface area contributed by atoms with E-state index in [0.717, 1.165) is 11.1 Å². The Morgan fingerprint density at radius 3 is 2.38 bits per heavy atom. The fraction of sp³-hybridized carbons (Fsp3) is 0.263. The zero-order chi connectivity index (χ0) is 17.5. The summed E-state index contributed by atoms with van der Waals surface area (Å²) in [7, 11) is 0. The lowest BCUT2D eigenvalue weighted by atomic mass is 10.1. The molecule has 0 amide bonds. The van der Waals surface area contributed by atoms with Crippen LogP contribution in [0.4, 0.5) is 0 Å². The van der Waals surface area contributed by atoms with Gasteiger partial charge < -0.3 is 14.2 Å². The number of nitrogens with zero attached hydrogens (tertiary/aromatic N) is 1. The number of carbonyl (C=O) groups is 1. The summed E-state index contributed by atoms with van der Waals surface area (Å²) in [6.45, 7) is 5.92. The molecule has 0 fully saturated rings. The van der Waals surface area contributed by atoms with Gasteiger partial charge in [0.05, 0.1) is 18.2 Å². The van der Waals surface area contributed by atoms with E-state index >= 15 is 0 Å². The van der Waals surface area contributed by atoms with Crippen LogP contribution in [0.15, 0.2) is 36.4 Å². The molecule has 0 aliphatic rings. The first-order valence-corrected chi connectivity index (χ1v) is 7.60. The van der Waals surface area contributed by atoms with Crippen LogP contribution < -0.4 is 14.2 Å². The summed E-state index contributed by atoms with van der Waals surface area (Å²) >= 11 is 0. The number of esters is 1. The monoisotopic (exact) mass is 325 g/mol. The molecule has 0 unspecified atom stereocenters. The lowest BCUT2D eigenvalue weighted by Crippen LogP contribution is -2.18. The minimum atomic E-state index is -0.542. The van der Waals surface area contributed by atoms with Crippen LogP contribution in [0.2, 0.25) is 0 Å². The van der Waals surface area contributed by atoms with Gasteiger partial charge in [-0.2, -0.15) is 5.26 Å². The highest BCUT2D eigenvalue weighted by molar-refractivity contribution is 5.75. The summed E-state index contributed by atoms with van der Waals surface area (Å²) in [4.78, 5) is 12.0. The number of aryl methyl sites for hydroxylation is 2. The van der Waals surface area contributed by atoms with Crippen molar-refractivity contribution >= 4 is 5.97 Å². The summed E-state index contributed by atoms with van der Waals surface area (Å²) in [6.07, 6.45) is 0. The van der Waals surface area contributed by atoms with Crippen LogP contribution in [-0.2, 0) is 4.79 Å². The third-order valence-electron chi connectivity index (χ3n) is 3.15. The standard InChI is InChI=1S/C19H19NO4/c1-4-22-18-10-15(11-20)5-6-17(18)24-19(21)12-23-16-8-13(2)7-14(3)9-16/h5-10H,4,12H2,1-3H3. The predicted molar refractivity (Wildman–Crippen MR) is 89.4 cm³/mol. The van der Waals surface area contributed by atoms with Crippen molar-refractivity contribution in [3.05, 3.63) is 53.1 Å². The van der Waals surface area contributed by atoms with Gasteiger partial charge >= 0.3 is 5.97 Å². The molecule has 5 heteroatoms. The van der Waals surface area contributed by atoms with E-state index in [1.165, 1.54) is 12.1 Å². The Morgan fingerprint density at radius 2 is 1.75 bits per heavy atom. The third-order valence-corrected chi connectivity index (χ3v) is 3.15. The zero-order valence-corrected chi connectivity index (χ0v) is 14.0. The number of ether oxygens (including phenoxy) is 3. The van der Waals surface area contributed by atoms with Crippen molar-refractivity contribution in [1.82, 2.24) is 0 Å². The number of carbonyl (C=O) groups excluding carboxylic acids is 1. The summed E-state index contributed by atoms with van der Waals surface area (Å²) in [5, 5.41) is 8.92. The van der Waals surface area contributed by atoms with Crippen molar-refractivity contribution in [2.24, 2.45) is 0 Å². The molecule has 0 heterocycles. The van der Waals surface area contributed by atoms with Gasteiger partial charge in [-0.15, -0.1) is 0 Å². The largest absolute Gasteiger partial charge is 0.490 e. The molecule has 0 radical (unpaired) electrons. The normalized spacial score (nSPS) is 9.92.